The summed E-state index contributed by atoms with van der Waals surface area (Å²) in [6, 6.07) is 1.87. The van der Waals surface area contributed by atoms with Crippen molar-refractivity contribution in [2.75, 3.05) is 12.8 Å². The molecule has 1 heterocycles. The van der Waals surface area contributed by atoms with Crippen molar-refractivity contribution < 1.29 is 9.53 Å². The molecular weight excluding hydrogens is 254 g/mol. The average molecular weight is 271 g/mol. The largest absolute Gasteiger partial charge is 0.465 e. The van der Waals surface area contributed by atoms with Crippen molar-refractivity contribution in [2.45, 2.75) is 36.7 Å². The summed E-state index contributed by atoms with van der Waals surface area (Å²) >= 11 is 3.48. The lowest BCUT2D eigenvalue weighted by atomic mass is 10.3. The van der Waals surface area contributed by atoms with E-state index in [0.29, 0.717) is 10.6 Å². The van der Waals surface area contributed by atoms with Crippen LogP contribution < -0.4 is 5.73 Å². The number of hydrogen-bond acceptors (Lipinski definition) is 5. The van der Waals surface area contributed by atoms with Crippen molar-refractivity contribution in [3.8, 4) is 0 Å². The zero-order valence-corrected chi connectivity index (χ0v) is 11.5. The number of nitrogens with two attached hydrogens (primary N) is 1. The number of esters is 1. The van der Waals surface area contributed by atoms with Crippen molar-refractivity contribution in [1.29, 1.82) is 0 Å². The molecule has 0 amide bonds. The van der Waals surface area contributed by atoms with Crippen LogP contribution in [-0.2, 0) is 10.5 Å². The normalized spacial score (nSPS) is 16.3. The Hall–Kier alpha value is -0.680. The molecule has 0 aliphatic heterocycles. The third-order valence-electron chi connectivity index (χ3n) is 2.98. The molecule has 1 aliphatic carbocycles. The van der Waals surface area contributed by atoms with Crippen LogP contribution in [0.1, 0.15) is 40.9 Å². The zero-order chi connectivity index (χ0) is 12.3. The van der Waals surface area contributed by atoms with Gasteiger partial charge in [0.1, 0.15) is 5.00 Å². The molecule has 2 rings (SSSR count). The summed E-state index contributed by atoms with van der Waals surface area (Å²) in [5.74, 6) is 0.618. The summed E-state index contributed by atoms with van der Waals surface area (Å²) in [6.45, 7) is 0. The number of rotatable bonds is 4. The van der Waals surface area contributed by atoms with Crippen LogP contribution in [-0.4, -0.2) is 18.3 Å². The van der Waals surface area contributed by atoms with Gasteiger partial charge in [-0.05, 0) is 18.9 Å². The second kappa shape index (κ2) is 5.78. The minimum Gasteiger partial charge on any atom is -0.465 e. The maximum atomic E-state index is 11.4. The van der Waals surface area contributed by atoms with Gasteiger partial charge in [-0.3, -0.25) is 0 Å². The Balaban J connectivity index is 1.94. The monoisotopic (exact) mass is 271 g/mol. The molecule has 0 spiro atoms. The highest BCUT2D eigenvalue weighted by molar-refractivity contribution is 7.99. The van der Waals surface area contributed by atoms with E-state index in [1.165, 1.54) is 49.0 Å². The maximum Gasteiger partial charge on any atom is 0.340 e. The molecule has 0 radical (unpaired) electrons. The van der Waals surface area contributed by atoms with Gasteiger partial charge in [0.25, 0.3) is 0 Å². The fourth-order valence-electron chi connectivity index (χ4n) is 2.05. The molecule has 94 valence electrons. The number of carbonyl (C=O) groups is 1. The van der Waals surface area contributed by atoms with Crippen LogP contribution in [0, 0.1) is 0 Å². The van der Waals surface area contributed by atoms with Gasteiger partial charge in [0.05, 0.1) is 12.7 Å². The van der Waals surface area contributed by atoms with Crippen molar-refractivity contribution in [3.63, 3.8) is 0 Å². The van der Waals surface area contributed by atoms with Gasteiger partial charge >= 0.3 is 5.97 Å². The number of hydrogen-bond donors (Lipinski definition) is 1. The first-order valence-corrected chi connectivity index (χ1v) is 7.65. The Morgan fingerprint density at radius 2 is 2.29 bits per heavy atom. The van der Waals surface area contributed by atoms with Crippen molar-refractivity contribution >= 4 is 34.1 Å². The highest BCUT2D eigenvalue weighted by Crippen LogP contribution is 2.34. The molecule has 3 nitrogen and oxygen atoms in total. The SMILES string of the molecule is COC(=O)c1cc(CSC2CCCC2)sc1N. The third kappa shape index (κ3) is 3.16. The Morgan fingerprint density at radius 1 is 1.59 bits per heavy atom. The fraction of sp³-hybridized carbons (Fsp3) is 0.583. The van der Waals surface area contributed by atoms with Gasteiger partial charge in [-0.1, -0.05) is 12.8 Å². The van der Waals surface area contributed by atoms with Crippen molar-refractivity contribution in [1.82, 2.24) is 0 Å². The number of methoxy groups -OCH3 is 1. The van der Waals surface area contributed by atoms with E-state index < -0.39 is 0 Å². The molecule has 2 N–H and O–H groups in total. The van der Waals surface area contributed by atoms with Crippen molar-refractivity contribution in [2.24, 2.45) is 0 Å². The lowest BCUT2D eigenvalue weighted by Crippen LogP contribution is -2.02. The van der Waals surface area contributed by atoms with Crippen LogP contribution >= 0.6 is 23.1 Å². The number of anilines is 1. The molecule has 0 saturated heterocycles. The standard InChI is InChI=1S/C12H17NO2S2/c1-15-12(14)10-6-9(17-11(10)13)7-16-8-4-2-3-5-8/h6,8H,2-5,7,13H2,1H3. The molecule has 0 aromatic carbocycles. The van der Waals surface area contributed by atoms with Crippen LogP contribution in [0.15, 0.2) is 6.07 Å². The molecule has 0 unspecified atom stereocenters. The van der Waals surface area contributed by atoms with E-state index >= 15 is 0 Å². The topological polar surface area (TPSA) is 52.3 Å². The lowest BCUT2D eigenvalue weighted by molar-refractivity contribution is 0.0602. The second-order valence-electron chi connectivity index (χ2n) is 4.20. The molecule has 0 bridgehead atoms. The van der Waals surface area contributed by atoms with Gasteiger partial charge < -0.3 is 10.5 Å². The molecule has 1 aromatic heterocycles. The molecular formula is C12H17NO2S2. The highest BCUT2D eigenvalue weighted by atomic mass is 32.2. The summed E-state index contributed by atoms with van der Waals surface area (Å²) in [5.41, 5.74) is 6.32. The van der Waals surface area contributed by atoms with Crippen LogP contribution in [0.25, 0.3) is 0 Å². The zero-order valence-electron chi connectivity index (χ0n) is 9.90. The molecule has 5 heteroatoms. The molecule has 17 heavy (non-hydrogen) atoms. The predicted molar refractivity (Wildman–Crippen MR) is 73.6 cm³/mol. The number of ether oxygens (including phenoxy) is 1. The first-order valence-electron chi connectivity index (χ1n) is 5.79. The summed E-state index contributed by atoms with van der Waals surface area (Å²) in [5, 5.41) is 1.36. The minimum absolute atomic E-state index is 0.337. The van der Waals surface area contributed by atoms with Crippen LogP contribution in [0.2, 0.25) is 0 Å². The number of nitrogen functional groups attached to an aromatic ring is 1. The summed E-state index contributed by atoms with van der Waals surface area (Å²) in [7, 11) is 1.38. The van der Waals surface area contributed by atoms with E-state index in [2.05, 4.69) is 4.74 Å². The molecule has 1 aromatic rings. The van der Waals surface area contributed by atoms with Gasteiger partial charge in [-0.15, -0.1) is 11.3 Å². The number of carbonyl (C=O) groups excluding carboxylic acids is 1. The Morgan fingerprint density at radius 3 is 2.94 bits per heavy atom. The molecule has 1 fully saturated rings. The van der Waals surface area contributed by atoms with Crippen LogP contribution in [0.4, 0.5) is 5.00 Å². The van der Waals surface area contributed by atoms with Gasteiger partial charge in [-0.25, -0.2) is 4.79 Å². The molecule has 1 aliphatic rings. The van der Waals surface area contributed by atoms with E-state index in [1.807, 2.05) is 17.8 Å². The first-order chi connectivity index (χ1) is 8.20. The number of thiophene rings is 1. The van der Waals surface area contributed by atoms with E-state index in [9.17, 15) is 4.79 Å². The van der Waals surface area contributed by atoms with Crippen LogP contribution in [0.3, 0.4) is 0 Å². The summed E-state index contributed by atoms with van der Waals surface area (Å²) in [6.07, 6.45) is 5.38. The van der Waals surface area contributed by atoms with E-state index in [-0.39, 0.29) is 5.97 Å². The Kier molecular flexibility index (Phi) is 4.34. The van der Waals surface area contributed by atoms with E-state index in [1.54, 1.807) is 0 Å². The highest BCUT2D eigenvalue weighted by Gasteiger charge is 2.18. The summed E-state index contributed by atoms with van der Waals surface area (Å²) in [4.78, 5) is 12.6. The second-order valence-corrected chi connectivity index (χ2v) is 6.66. The van der Waals surface area contributed by atoms with E-state index in [4.69, 9.17) is 5.73 Å². The van der Waals surface area contributed by atoms with E-state index in [0.717, 1.165) is 11.0 Å². The maximum absolute atomic E-state index is 11.4. The third-order valence-corrected chi connectivity index (χ3v) is 5.55. The first kappa shape index (κ1) is 12.8. The Bertz CT molecular complexity index is 397. The lowest BCUT2D eigenvalue weighted by Gasteiger charge is -2.06. The predicted octanol–water partition coefficient (Wildman–Crippen LogP) is 3.29. The number of thioether (sulfide) groups is 1. The van der Waals surface area contributed by atoms with Crippen LogP contribution in [0.5, 0.6) is 0 Å². The van der Waals surface area contributed by atoms with Gasteiger partial charge in [0.2, 0.25) is 0 Å². The minimum atomic E-state index is -0.337. The van der Waals surface area contributed by atoms with Crippen molar-refractivity contribution in [3.05, 3.63) is 16.5 Å². The van der Waals surface area contributed by atoms with Gasteiger partial charge in [0.15, 0.2) is 0 Å². The van der Waals surface area contributed by atoms with Gasteiger partial charge in [-0.2, -0.15) is 11.8 Å². The average Bonchev–Trinajstić information content (AvgIpc) is 2.94. The smallest absolute Gasteiger partial charge is 0.340 e. The fourth-order valence-corrected chi connectivity index (χ4v) is 4.35. The quantitative estimate of drug-likeness (QED) is 0.854. The summed E-state index contributed by atoms with van der Waals surface area (Å²) < 4.78 is 4.69. The van der Waals surface area contributed by atoms with Gasteiger partial charge in [0, 0.05) is 15.9 Å². The molecule has 0 atom stereocenters. The Labute approximate surface area is 110 Å². The molecule has 1 saturated carbocycles.